The van der Waals surface area contributed by atoms with E-state index in [2.05, 4.69) is 4.90 Å². The van der Waals surface area contributed by atoms with Crippen LogP contribution in [0.2, 0.25) is 0 Å². The molecule has 0 radical (unpaired) electrons. The monoisotopic (exact) mass is 496 g/mol. The Balaban J connectivity index is 1.73. The molecule has 0 spiro atoms. The minimum atomic E-state index is -0.808. The highest BCUT2D eigenvalue weighted by Crippen LogP contribution is 2.43. The molecule has 0 aromatic heterocycles. The zero-order chi connectivity index (χ0) is 25.7. The van der Waals surface area contributed by atoms with Crippen molar-refractivity contribution >= 4 is 17.4 Å². The minimum Gasteiger partial charge on any atom is -0.507 e. The van der Waals surface area contributed by atoms with Gasteiger partial charge in [0.2, 0.25) is 0 Å². The number of Topliss-reactive ketones (excluding diaryl/α,β-unsaturated/α-hetero) is 1. The summed E-state index contributed by atoms with van der Waals surface area (Å²) in [6.45, 7) is 4.18. The number of methoxy groups -OCH3 is 3. The quantitative estimate of drug-likeness (QED) is 0.322. The third-order valence-corrected chi connectivity index (χ3v) is 6.62. The molecule has 2 fully saturated rings. The summed E-state index contributed by atoms with van der Waals surface area (Å²) in [7, 11) is 4.62. The van der Waals surface area contributed by atoms with Crippen LogP contribution in [0.25, 0.3) is 5.76 Å². The van der Waals surface area contributed by atoms with Crippen molar-refractivity contribution in [2.45, 2.75) is 12.5 Å². The van der Waals surface area contributed by atoms with Crippen LogP contribution in [0.3, 0.4) is 0 Å². The average molecular weight is 497 g/mol. The van der Waals surface area contributed by atoms with Gasteiger partial charge in [0.1, 0.15) is 23.0 Å². The number of carbonyl (C=O) groups excluding carboxylic acids is 2. The molecule has 2 saturated heterocycles. The van der Waals surface area contributed by atoms with Gasteiger partial charge in [0.05, 0.1) is 46.2 Å². The van der Waals surface area contributed by atoms with Gasteiger partial charge < -0.3 is 29.0 Å². The van der Waals surface area contributed by atoms with Gasteiger partial charge in [-0.2, -0.15) is 0 Å². The van der Waals surface area contributed by atoms with Crippen LogP contribution in [-0.4, -0.2) is 87.3 Å². The van der Waals surface area contributed by atoms with Crippen molar-refractivity contribution in [1.82, 2.24) is 9.80 Å². The number of ketones is 1. The second kappa shape index (κ2) is 11.5. The highest BCUT2D eigenvalue weighted by molar-refractivity contribution is 6.46. The Bertz CT molecular complexity index is 1120. The molecule has 192 valence electrons. The number of ether oxygens (including phenoxy) is 4. The number of aliphatic hydroxyl groups excluding tert-OH is 1. The highest BCUT2D eigenvalue weighted by Gasteiger charge is 2.47. The predicted molar refractivity (Wildman–Crippen MR) is 133 cm³/mol. The smallest absolute Gasteiger partial charge is 0.295 e. The molecule has 2 aliphatic heterocycles. The summed E-state index contributed by atoms with van der Waals surface area (Å²) in [6.07, 6.45) is 0.671. The fourth-order valence-corrected chi connectivity index (χ4v) is 4.67. The van der Waals surface area contributed by atoms with Gasteiger partial charge in [-0.05, 0) is 42.8 Å². The molecule has 1 N–H and O–H groups in total. The van der Waals surface area contributed by atoms with Crippen molar-refractivity contribution in [2.24, 2.45) is 0 Å². The van der Waals surface area contributed by atoms with E-state index in [0.717, 1.165) is 19.6 Å². The topological polar surface area (TPSA) is 97.8 Å². The van der Waals surface area contributed by atoms with E-state index < -0.39 is 17.7 Å². The number of hydrogen-bond acceptors (Lipinski definition) is 8. The van der Waals surface area contributed by atoms with Crippen LogP contribution in [0.15, 0.2) is 48.0 Å². The van der Waals surface area contributed by atoms with Gasteiger partial charge in [0, 0.05) is 43.4 Å². The third-order valence-electron chi connectivity index (χ3n) is 6.62. The average Bonchev–Trinajstić information content (AvgIpc) is 3.17. The first-order valence-corrected chi connectivity index (χ1v) is 11.9. The van der Waals surface area contributed by atoms with Crippen LogP contribution in [0.5, 0.6) is 17.2 Å². The molecule has 1 unspecified atom stereocenters. The first-order chi connectivity index (χ1) is 17.5. The molecule has 2 aromatic carbocycles. The number of rotatable bonds is 9. The van der Waals surface area contributed by atoms with Crippen molar-refractivity contribution < 1.29 is 33.6 Å². The number of carbonyl (C=O) groups is 2. The molecular weight excluding hydrogens is 464 g/mol. The minimum absolute atomic E-state index is 0.0278. The molecule has 2 heterocycles. The van der Waals surface area contributed by atoms with E-state index >= 15 is 0 Å². The van der Waals surface area contributed by atoms with Crippen molar-refractivity contribution in [3.05, 3.63) is 59.2 Å². The van der Waals surface area contributed by atoms with Gasteiger partial charge in [0.25, 0.3) is 11.7 Å². The molecule has 0 aliphatic carbocycles. The Kier molecular flexibility index (Phi) is 8.12. The summed E-state index contributed by atoms with van der Waals surface area (Å²) in [6, 6.07) is 11.1. The first kappa shape index (κ1) is 25.5. The fourth-order valence-electron chi connectivity index (χ4n) is 4.67. The van der Waals surface area contributed by atoms with Gasteiger partial charge in [-0.1, -0.05) is 0 Å². The van der Waals surface area contributed by atoms with Crippen molar-refractivity contribution in [2.75, 3.05) is 60.7 Å². The molecule has 9 heteroatoms. The van der Waals surface area contributed by atoms with Crippen LogP contribution in [-0.2, 0) is 14.3 Å². The summed E-state index contributed by atoms with van der Waals surface area (Å²) < 4.78 is 21.5. The Hall–Kier alpha value is -3.56. The summed E-state index contributed by atoms with van der Waals surface area (Å²) in [5.41, 5.74) is 1.04. The van der Waals surface area contributed by atoms with E-state index in [-0.39, 0.29) is 11.3 Å². The number of likely N-dealkylation sites (tertiary alicyclic amines) is 1. The molecule has 0 saturated carbocycles. The van der Waals surface area contributed by atoms with E-state index in [1.807, 2.05) is 0 Å². The van der Waals surface area contributed by atoms with E-state index in [0.29, 0.717) is 54.6 Å². The predicted octanol–water partition coefficient (Wildman–Crippen LogP) is 2.86. The number of hydrogen-bond donors (Lipinski definition) is 1. The SMILES string of the molecule is COc1ccc(/C(O)=C2/C(=O)C(=O)N(CCCN3CCOCC3)C2c2ccc(OC)cc2OC)cc1. The first-order valence-electron chi connectivity index (χ1n) is 11.9. The van der Waals surface area contributed by atoms with E-state index in [1.165, 1.54) is 12.0 Å². The van der Waals surface area contributed by atoms with Gasteiger partial charge in [-0.3, -0.25) is 14.5 Å². The lowest BCUT2D eigenvalue weighted by Gasteiger charge is -2.29. The van der Waals surface area contributed by atoms with E-state index in [1.54, 1.807) is 56.7 Å². The lowest BCUT2D eigenvalue weighted by molar-refractivity contribution is -0.140. The van der Waals surface area contributed by atoms with Crippen LogP contribution < -0.4 is 14.2 Å². The second-order valence-electron chi connectivity index (χ2n) is 8.64. The zero-order valence-electron chi connectivity index (χ0n) is 20.9. The van der Waals surface area contributed by atoms with Gasteiger partial charge in [-0.25, -0.2) is 0 Å². The number of benzene rings is 2. The molecule has 2 aromatic rings. The Morgan fingerprint density at radius 1 is 0.944 bits per heavy atom. The molecular formula is C27H32N2O7. The van der Waals surface area contributed by atoms with E-state index in [9.17, 15) is 14.7 Å². The largest absolute Gasteiger partial charge is 0.507 e. The second-order valence-corrected chi connectivity index (χ2v) is 8.64. The van der Waals surface area contributed by atoms with Crippen molar-refractivity contribution in [1.29, 1.82) is 0 Å². The van der Waals surface area contributed by atoms with Crippen LogP contribution >= 0.6 is 0 Å². The normalized spacial score (nSPS) is 20.0. The number of morpholine rings is 1. The molecule has 2 aliphatic rings. The number of nitrogens with zero attached hydrogens (tertiary/aromatic N) is 2. The number of aliphatic hydroxyl groups is 1. The summed E-state index contributed by atoms with van der Waals surface area (Å²) in [4.78, 5) is 30.4. The Morgan fingerprint density at radius 2 is 1.61 bits per heavy atom. The molecule has 0 bridgehead atoms. The van der Waals surface area contributed by atoms with E-state index in [4.69, 9.17) is 18.9 Å². The van der Waals surface area contributed by atoms with Gasteiger partial charge >= 0.3 is 0 Å². The molecule has 1 atom stereocenters. The van der Waals surface area contributed by atoms with Crippen LogP contribution in [0, 0.1) is 0 Å². The molecule has 9 nitrogen and oxygen atoms in total. The molecule has 4 rings (SSSR count). The highest BCUT2D eigenvalue weighted by atomic mass is 16.5. The standard InChI is InChI=1S/C27H32N2O7/c1-33-19-7-5-18(6-8-19)25(30)23-24(21-10-9-20(34-2)17-22(21)35-3)29(27(32)26(23)31)12-4-11-28-13-15-36-16-14-28/h5-10,17,24,30H,4,11-16H2,1-3H3/b25-23-. The lowest BCUT2D eigenvalue weighted by Crippen LogP contribution is -2.39. The molecule has 1 amide bonds. The summed E-state index contributed by atoms with van der Waals surface area (Å²) in [5.74, 6) is 0.0422. The van der Waals surface area contributed by atoms with Crippen LogP contribution in [0.4, 0.5) is 0 Å². The molecule has 36 heavy (non-hydrogen) atoms. The Morgan fingerprint density at radius 3 is 2.25 bits per heavy atom. The van der Waals surface area contributed by atoms with Crippen molar-refractivity contribution in [3.63, 3.8) is 0 Å². The third kappa shape index (κ3) is 5.17. The van der Waals surface area contributed by atoms with Gasteiger partial charge in [0.15, 0.2) is 0 Å². The fraction of sp³-hybridized carbons (Fsp3) is 0.407. The zero-order valence-corrected chi connectivity index (χ0v) is 20.9. The summed E-state index contributed by atoms with van der Waals surface area (Å²) >= 11 is 0. The summed E-state index contributed by atoms with van der Waals surface area (Å²) in [5, 5.41) is 11.3. The number of amides is 1. The Labute approximate surface area is 210 Å². The maximum atomic E-state index is 13.3. The van der Waals surface area contributed by atoms with Crippen LogP contribution in [0.1, 0.15) is 23.6 Å². The van der Waals surface area contributed by atoms with Gasteiger partial charge in [-0.15, -0.1) is 0 Å². The maximum absolute atomic E-state index is 13.3. The lowest BCUT2D eigenvalue weighted by atomic mass is 9.94. The maximum Gasteiger partial charge on any atom is 0.295 e. The van der Waals surface area contributed by atoms with Crippen molar-refractivity contribution in [3.8, 4) is 17.2 Å².